The summed E-state index contributed by atoms with van der Waals surface area (Å²) in [5.41, 5.74) is 5.84. The zero-order valence-corrected chi connectivity index (χ0v) is 18.5. The Hall–Kier alpha value is -3.86. The lowest BCUT2D eigenvalue weighted by Crippen LogP contribution is -2.42. The maximum absolute atomic E-state index is 12.3. The molecule has 2 aromatic heterocycles. The Kier molecular flexibility index (Phi) is 7.45. The summed E-state index contributed by atoms with van der Waals surface area (Å²) in [7, 11) is 1.47. The lowest BCUT2D eigenvalue weighted by Gasteiger charge is -2.11. The van der Waals surface area contributed by atoms with Crippen molar-refractivity contribution < 1.29 is 28.3 Å². The van der Waals surface area contributed by atoms with Crippen LogP contribution in [-0.2, 0) is 11.2 Å². The minimum absolute atomic E-state index is 0.0794. The van der Waals surface area contributed by atoms with Gasteiger partial charge in [-0.3, -0.25) is 30.6 Å². The minimum Gasteiger partial charge on any atom is -0.493 e. The van der Waals surface area contributed by atoms with Crippen LogP contribution in [0.4, 0.5) is 5.13 Å². The number of nitrogens with zero attached hydrogens (tertiary/aromatic N) is 1. The SMILES string of the molecule is CCOc1ccc(C(=O)NNC(=O)Cc2csc(NC(=O)c3ccoc3C)n2)cc1OC. The number of aryl methyl sites for hydroxylation is 1. The second-order valence-electron chi connectivity index (χ2n) is 6.47. The molecule has 0 atom stereocenters. The Bertz CT molecular complexity index is 1120. The highest BCUT2D eigenvalue weighted by Gasteiger charge is 2.15. The maximum Gasteiger partial charge on any atom is 0.269 e. The van der Waals surface area contributed by atoms with Crippen LogP contribution in [0.25, 0.3) is 0 Å². The van der Waals surface area contributed by atoms with Crippen LogP contribution in [0.3, 0.4) is 0 Å². The highest BCUT2D eigenvalue weighted by atomic mass is 32.1. The second-order valence-corrected chi connectivity index (χ2v) is 7.32. The number of anilines is 1. The van der Waals surface area contributed by atoms with E-state index in [9.17, 15) is 14.4 Å². The van der Waals surface area contributed by atoms with Crippen molar-refractivity contribution in [2.45, 2.75) is 20.3 Å². The number of furan rings is 1. The number of aromatic nitrogens is 1. The normalized spacial score (nSPS) is 10.3. The fourth-order valence-corrected chi connectivity index (χ4v) is 3.43. The first kappa shape index (κ1) is 22.8. The van der Waals surface area contributed by atoms with Gasteiger partial charge in [0.25, 0.3) is 11.8 Å². The van der Waals surface area contributed by atoms with Crippen molar-refractivity contribution in [3.63, 3.8) is 0 Å². The Morgan fingerprint density at radius 2 is 1.94 bits per heavy atom. The third-order valence-corrected chi connectivity index (χ3v) is 5.06. The Labute approximate surface area is 187 Å². The molecule has 3 amide bonds. The summed E-state index contributed by atoms with van der Waals surface area (Å²) in [6.45, 7) is 3.99. The van der Waals surface area contributed by atoms with E-state index in [1.165, 1.54) is 30.8 Å². The number of methoxy groups -OCH3 is 1. The van der Waals surface area contributed by atoms with E-state index in [1.807, 2.05) is 6.92 Å². The first-order valence-corrected chi connectivity index (χ1v) is 10.5. The van der Waals surface area contributed by atoms with Crippen molar-refractivity contribution in [3.05, 3.63) is 58.5 Å². The van der Waals surface area contributed by atoms with Gasteiger partial charge in [-0.1, -0.05) is 0 Å². The molecule has 0 aliphatic heterocycles. The quantitative estimate of drug-likeness (QED) is 0.442. The molecule has 3 N–H and O–H groups in total. The van der Waals surface area contributed by atoms with Gasteiger partial charge < -0.3 is 13.9 Å². The highest BCUT2D eigenvalue weighted by molar-refractivity contribution is 7.14. The third-order valence-electron chi connectivity index (χ3n) is 4.26. The predicted octanol–water partition coefficient (Wildman–Crippen LogP) is 2.71. The zero-order valence-electron chi connectivity index (χ0n) is 17.7. The number of hydrazine groups is 1. The molecule has 0 aliphatic rings. The molecule has 2 heterocycles. The van der Waals surface area contributed by atoms with Gasteiger partial charge in [0, 0.05) is 10.9 Å². The fourth-order valence-electron chi connectivity index (χ4n) is 2.72. The minimum atomic E-state index is -0.513. The van der Waals surface area contributed by atoms with Gasteiger partial charge in [0.1, 0.15) is 5.76 Å². The Morgan fingerprint density at radius 1 is 1.12 bits per heavy atom. The molecule has 0 saturated heterocycles. The highest BCUT2D eigenvalue weighted by Crippen LogP contribution is 2.28. The summed E-state index contributed by atoms with van der Waals surface area (Å²) in [6, 6.07) is 6.26. The number of benzene rings is 1. The topological polar surface area (TPSA) is 132 Å². The van der Waals surface area contributed by atoms with Gasteiger partial charge in [0.05, 0.1) is 37.7 Å². The largest absolute Gasteiger partial charge is 0.493 e. The molecule has 0 spiro atoms. The molecule has 0 aliphatic carbocycles. The molecule has 0 saturated carbocycles. The van der Waals surface area contributed by atoms with Crippen LogP contribution in [0.15, 0.2) is 40.3 Å². The first-order chi connectivity index (χ1) is 15.4. The molecule has 1 aromatic carbocycles. The summed E-state index contributed by atoms with van der Waals surface area (Å²) < 4.78 is 15.7. The lowest BCUT2D eigenvalue weighted by molar-refractivity contribution is -0.121. The van der Waals surface area contributed by atoms with Gasteiger partial charge in [-0.05, 0) is 38.1 Å². The van der Waals surface area contributed by atoms with Gasteiger partial charge >= 0.3 is 0 Å². The number of nitrogens with one attached hydrogen (secondary N) is 3. The van der Waals surface area contributed by atoms with Gasteiger partial charge in [-0.2, -0.15) is 0 Å². The lowest BCUT2D eigenvalue weighted by atomic mass is 10.2. The van der Waals surface area contributed by atoms with Gasteiger partial charge in [-0.25, -0.2) is 4.98 Å². The molecule has 3 rings (SSSR count). The fraction of sp³-hybridized carbons (Fsp3) is 0.238. The molecular formula is C21H22N4O6S. The average molecular weight is 458 g/mol. The van der Waals surface area contributed by atoms with Gasteiger partial charge in [0.15, 0.2) is 16.6 Å². The average Bonchev–Trinajstić information content (AvgIpc) is 3.41. The third kappa shape index (κ3) is 5.64. The smallest absolute Gasteiger partial charge is 0.269 e. The molecule has 0 fully saturated rings. The van der Waals surface area contributed by atoms with Crippen LogP contribution >= 0.6 is 11.3 Å². The number of ether oxygens (including phenoxy) is 2. The van der Waals surface area contributed by atoms with Crippen molar-refractivity contribution in [2.24, 2.45) is 0 Å². The number of rotatable bonds is 8. The van der Waals surface area contributed by atoms with Crippen LogP contribution in [-0.4, -0.2) is 36.4 Å². The standard InChI is InChI=1S/C21H22N4O6S/c1-4-30-16-6-5-13(9-17(16)29-3)19(27)25-24-18(26)10-14-11-32-21(22-14)23-20(28)15-7-8-31-12(15)2/h5-9,11H,4,10H2,1-3H3,(H,24,26)(H,25,27)(H,22,23,28). The van der Waals surface area contributed by atoms with E-state index in [1.54, 1.807) is 30.5 Å². The van der Waals surface area contributed by atoms with E-state index in [-0.39, 0.29) is 12.3 Å². The summed E-state index contributed by atoms with van der Waals surface area (Å²) in [6.07, 6.45) is 1.35. The number of carbonyl (C=O) groups excluding carboxylic acids is 3. The molecular weight excluding hydrogens is 436 g/mol. The summed E-state index contributed by atoms with van der Waals surface area (Å²) in [5, 5.41) is 4.66. The maximum atomic E-state index is 12.3. The van der Waals surface area contributed by atoms with E-state index in [0.717, 1.165) is 0 Å². The molecule has 32 heavy (non-hydrogen) atoms. The molecule has 168 valence electrons. The van der Waals surface area contributed by atoms with Crippen molar-refractivity contribution in [1.29, 1.82) is 0 Å². The zero-order chi connectivity index (χ0) is 23.1. The number of thiazole rings is 1. The van der Waals surface area contributed by atoms with E-state index in [0.29, 0.717) is 45.8 Å². The van der Waals surface area contributed by atoms with Crippen LogP contribution in [0.1, 0.15) is 39.1 Å². The van der Waals surface area contributed by atoms with E-state index in [4.69, 9.17) is 13.9 Å². The molecule has 0 unspecified atom stereocenters. The summed E-state index contributed by atoms with van der Waals surface area (Å²) in [5.74, 6) is 0.101. The molecule has 11 heteroatoms. The molecule has 10 nitrogen and oxygen atoms in total. The number of hydrogen-bond donors (Lipinski definition) is 3. The van der Waals surface area contributed by atoms with Crippen LogP contribution < -0.4 is 25.6 Å². The van der Waals surface area contributed by atoms with E-state index in [2.05, 4.69) is 21.2 Å². The van der Waals surface area contributed by atoms with E-state index < -0.39 is 11.8 Å². The van der Waals surface area contributed by atoms with Crippen molar-refractivity contribution in [3.8, 4) is 11.5 Å². The number of amides is 3. The van der Waals surface area contributed by atoms with Gasteiger partial charge in [-0.15, -0.1) is 11.3 Å². The summed E-state index contributed by atoms with van der Waals surface area (Å²) >= 11 is 1.19. The second kappa shape index (κ2) is 10.4. The molecule has 0 radical (unpaired) electrons. The summed E-state index contributed by atoms with van der Waals surface area (Å²) in [4.78, 5) is 40.9. The van der Waals surface area contributed by atoms with Crippen molar-refractivity contribution in [2.75, 3.05) is 19.0 Å². The van der Waals surface area contributed by atoms with Crippen molar-refractivity contribution in [1.82, 2.24) is 15.8 Å². The van der Waals surface area contributed by atoms with Crippen LogP contribution in [0.2, 0.25) is 0 Å². The number of hydrogen-bond acceptors (Lipinski definition) is 8. The van der Waals surface area contributed by atoms with Gasteiger partial charge in [0.2, 0.25) is 5.91 Å². The van der Waals surface area contributed by atoms with Crippen LogP contribution in [0.5, 0.6) is 11.5 Å². The Morgan fingerprint density at radius 3 is 2.62 bits per heavy atom. The monoisotopic (exact) mass is 458 g/mol. The first-order valence-electron chi connectivity index (χ1n) is 9.61. The molecule has 0 bridgehead atoms. The van der Waals surface area contributed by atoms with E-state index >= 15 is 0 Å². The predicted molar refractivity (Wildman–Crippen MR) is 117 cm³/mol. The Balaban J connectivity index is 1.51. The molecule has 3 aromatic rings. The van der Waals surface area contributed by atoms with Crippen LogP contribution in [0, 0.1) is 6.92 Å². The van der Waals surface area contributed by atoms with Crippen molar-refractivity contribution >= 4 is 34.2 Å². The number of carbonyl (C=O) groups is 3.